The van der Waals surface area contributed by atoms with E-state index >= 15 is 0 Å². The van der Waals surface area contributed by atoms with Gasteiger partial charge in [-0.3, -0.25) is 0 Å². The van der Waals surface area contributed by atoms with Crippen molar-refractivity contribution in [3.8, 4) is 0 Å². The number of hydrogen-bond donors (Lipinski definition) is 0. The van der Waals surface area contributed by atoms with Gasteiger partial charge in [0.2, 0.25) is 0 Å². The summed E-state index contributed by atoms with van der Waals surface area (Å²) in [4.78, 5) is 4.32. The van der Waals surface area contributed by atoms with Crippen molar-refractivity contribution in [3.63, 3.8) is 0 Å². The number of rotatable bonds is 5. The number of fused-ring (bicyclic) bond motifs is 1. The highest BCUT2D eigenvalue weighted by Gasteiger charge is 2.15. The zero-order valence-corrected chi connectivity index (χ0v) is 12.3. The molecule has 0 saturated heterocycles. The minimum Gasteiger partial charge on any atom is -0.377 e. The zero-order valence-electron chi connectivity index (χ0n) is 10.8. The van der Waals surface area contributed by atoms with Gasteiger partial charge >= 0.3 is 0 Å². The Morgan fingerprint density at radius 2 is 2.21 bits per heavy atom. The van der Waals surface area contributed by atoms with Crippen molar-refractivity contribution < 1.29 is 9.13 Å². The normalized spacial score (nSPS) is 13.1. The topological polar surface area (TPSA) is 27.1 Å². The first kappa shape index (κ1) is 14.6. The van der Waals surface area contributed by atoms with Crippen LogP contribution in [0.2, 0.25) is 5.02 Å². The Bertz CT molecular complexity index is 586. The molecule has 1 aromatic heterocycles. The Hall–Kier alpha value is -0.840. The minimum atomic E-state index is -0.474. The molecule has 0 aliphatic carbocycles. The monoisotopic (exact) mass is 304 g/mol. The lowest BCUT2D eigenvalue weighted by atomic mass is 10.3. The summed E-state index contributed by atoms with van der Waals surface area (Å²) >= 11 is 11.7. The van der Waals surface area contributed by atoms with Crippen LogP contribution in [0.15, 0.2) is 12.1 Å². The summed E-state index contributed by atoms with van der Waals surface area (Å²) in [6, 6.07) is 2.91. The van der Waals surface area contributed by atoms with Crippen molar-refractivity contribution in [3.05, 3.63) is 28.8 Å². The number of imidazole rings is 1. The molecule has 3 nitrogen and oxygen atoms in total. The fraction of sp³-hybridized carbons (Fsp3) is 0.462. The van der Waals surface area contributed by atoms with Gasteiger partial charge in [0.25, 0.3) is 0 Å². The lowest BCUT2D eigenvalue weighted by Crippen LogP contribution is -2.17. The molecular weight excluding hydrogens is 290 g/mol. The van der Waals surface area contributed by atoms with Crippen LogP contribution in [0.5, 0.6) is 0 Å². The average molecular weight is 305 g/mol. The quantitative estimate of drug-likeness (QED) is 0.781. The number of nitrogens with zero attached hydrogens (tertiary/aromatic N) is 2. The van der Waals surface area contributed by atoms with Crippen molar-refractivity contribution in [1.29, 1.82) is 0 Å². The zero-order chi connectivity index (χ0) is 14.0. The smallest absolute Gasteiger partial charge is 0.144 e. The number of aromatic nitrogens is 2. The molecule has 0 aliphatic heterocycles. The number of alkyl halides is 1. The fourth-order valence-electron chi connectivity index (χ4n) is 2.07. The number of hydrogen-bond acceptors (Lipinski definition) is 2. The van der Waals surface area contributed by atoms with Crippen LogP contribution in [0.4, 0.5) is 4.39 Å². The molecule has 19 heavy (non-hydrogen) atoms. The van der Waals surface area contributed by atoms with E-state index in [-0.39, 0.29) is 17.0 Å². The highest BCUT2D eigenvalue weighted by atomic mass is 35.5. The van der Waals surface area contributed by atoms with Crippen LogP contribution in [0.1, 0.15) is 19.7 Å². The summed E-state index contributed by atoms with van der Waals surface area (Å²) in [5.74, 6) is 0.468. The molecule has 0 saturated carbocycles. The van der Waals surface area contributed by atoms with Gasteiger partial charge in [-0.1, -0.05) is 11.6 Å². The molecule has 0 bridgehead atoms. The summed E-state index contributed by atoms with van der Waals surface area (Å²) in [6.07, 6.45) is 0.0215. The molecule has 1 unspecified atom stereocenters. The summed E-state index contributed by atoms with van der Waals surface area (Å²) in [7, 11) is 0. The average Bonchev–Trinajstić information content (AvgIpc) is 2.68. The van der Waals surface area contributed by atoms with Crippen LogP contribution in [0, 0.1) is 5.82 Å². The van der Waals surface area contributed by atoms with E-state index in [1.54, 1.807) is 6.07 Å². The first-order valence-electron chi connectivity index (χ1n) is 6.08. The third-order valence-corrected chi connectivity index (χ3v) is 3.41. The Morgan fingerprint density at radius 3 is 2.84 bits per heavy atom. The number of ether oxygens (including phenoxy) is 1. The van der Waals surface area contributed by atoms with Crippen LogP contribution in [0.3, 0.4) is 0 Å². The van der Waals surface area contributed by atoms with E-state index in [4.69, 9.17) is 27.9 Å². The van der Waals surface area contributed by atoms with Crippen LogP contribution in [-0.2, 0) is 17.2 Å². The van der Waals surface area contributed by atoms with E-state index in [2.05, 4.69) is 4.98 Å². The Labute approximate surface area is 121 Å². The summed E-state index contributed by atoms with van der Waals surface area (Å²) in [5.41, 5.74) is 1.33. The molecule has 1 aromatic carbocycles. The van der Waals surface area contributed by atoms with Gasteiger partial charge in [0.1, 0.15) is 11.6 Å². The van der Waals surface area contributed by atoms with Crippen LogP contribution < -0.4 is 0 Å². The van der Waals surface area contributed by atoms with Gasteiger partial charge in [-0.25, -0.2) is 9.37 Å². The first-order chi connectivity index (χ1) is 9.06. The van der Waals surface area contributed by atoms with E-state index in [0.717, 1.165) is 5.52 Å². The predicted molar refractivity (Wildman–Crippen MR) is 75.3 cm³/mol. The number of halogens is 3. The highest BCUT2D eigenvalue weighted by Crippen LogP contribution is 2.25. The molecule has 6 heteroatoms. The second-order valence-electron chi connectivity index (χ2n) is 4.29. The third-order valence-electron chi connectivity index (χ3n) is 2.88. The molecule has 2 rings (SSSR count). The van der Waals surface area contributed by atoms with Gasteiger partial charge in [0, 0.05) is 12.7 Å². The molecule has 0 radical (unpaired) electrons. The van der Waals surface area contributed by atoms with Crippen molar-refractivity contribution in [1.82, 2.24) is 9.55 Å². The van der Waals surface area contributed by atoms with Gasteiger partial charge in [-0.2, -0.15) is 0 Å². The highest BCUT2D eigenvalue weighted by molar-refractivity contribution is 6.31. The van der Waals surface area contributed by atoms with E-state index < -0.39 is 5.82 Å². The molecule has 0 aliphatic rings. The van der Waals surface area contributed by atoms with Crippen LogP contribution >= 0.6 is 23.2 Å². The van der Waals surface area contributed by atoms with Gasteiger partial charge in [-0.15, -0.1) is 11.6 Å². The molecule has 2 aromatic rings. The summed E-state index contributed by atoms with van der Waals surface area (Å²) in [5, 5.41) is 0.0823. The molecule has 0 fully saturated rings. The van der Waals surface area contributed by atoms with E-state index in [1.807, 2.05) is 18.4 Å². The molecule has 0 amide bonds. The molecule has 0 N–H and O–H groups in total. The standard InChI is InChI=1S/C13H15Cl2FN2O/c1-3-19-8(2)7-18-12-4-9(15)10(16)5-11(12)17-13(18)6-14/h4-5,8H,3,6-7H2,1-2H3. The van der Waals surface area contributed by atoms with Crippen molar-refractivity contribution in [2.75, 3.05) is 6.61 Å². The van der Waals surface area contributed by atoms with E-state index in [0.29, 0.717) is 24.5 Å². The van der Waals surface area contributed by atoms with E-state index in [1.165, 1.54) is 6.07 Å². The van der Waals surface area contributed by atoms with Gasteiger partial charge in [-0.05, 0) is 19.9 Å². The van der Waals surface area contributed by atoms with Gasteiger partial charge in [0.05, 0.1) is 34.6 Å². The minimum absolute atomic E-state index is 0.0215. The van der Waals surface area contributed by atoms with Crippen LogP contribution in [0.25, 0.3) is 11.0 Å². The molecule has 1 atom stereocenters. The number of benzene rings is 1. The summed E-state index contributed by atoms with van der Waals surface area (Å²) < 4.78 is 20.9. The maximum Gasteiger partial charge on any atom is 0.144 e. The first-order valence-corrected chi connectivity index (χ1v) is 6.99. The summed E-state index contributed by atoms with van der Waals surface area (Å²) in [6.45, 7) is 5.16. The third kappa shape index (κ3) is 3.02. The van der Waals surface area contributed by atoms with E-state index in [9.17, 15) is 4.39 Å². The maximum absolute atomic E-state index is 13.4. The van der Waals surface area contributed by atoms with Crippen LogP contribution in [-0.4, -0.2) is 22.3 Å². The lowest BCUT2D eigenvalue weighted by molar-refractivity contribution is 0.0643. The Balaban J connectivity index is 2.47. The Morgan fingerprint density at radius 1 is 1.47 bits per heavy atom. The van der Waals surface area contributed by atoms with Crippen molar-refractivity contribution in [2.24, 2.45) is 0 Å². The molecule has 1 heterocycles. The molecular formula is C13H15Cl2FN2O. The predicted octanol–water partition coefficient (Wildman–Crippen LogP) is 3.99. The lowest BCUT2D eigenvalue weighted by Gasteiger charge is -2.14. The molecule has 104 valence electrons. The van der Waals surface area contributed by atoms with Gasteiger partial charge < -0.3 is 9.30 Å². The Kier molecular flexibility index (Phi) is 4.66. The van der Waals surface area contributed by atoms with Crippen molar-refractivity contribution >= 4 is 34.2 Å². The fourth-order valence-corrected chi connectivity index (χ4v) is 2.43. The van der Waals surface area contributed by atoms with Crippen molar-refractivity contribution in [2.45, 2.75) is 32.4 Å². The largest absolute Gasteiger partial charge is 0.377 e. The second kappa shape index (κ2) is 6.07. The maximum atomic E-state index is 13.4. The SMILES string of the molecule is CCOC(C)Cn1c(CCl)nc2cc(F)c(Cl)cc21. The van der Waals surface area contributed by atoms with Gasteiger partial charge in [0.15, 0.2) is 0 Å². The second-order valence-corrected chi connectivity index (χ2v) is 4.97. The molecule has 0 spiro atoms.